The summed E-state index contributed by atoms with van der Waals surface area (Å²) in [6.45, 7) is 2.43. The SMILES string of the molecule is CCOC(=O)CCCCCC/C=C/CO. The molecule has 0 amide bonds. The molecule has 0 aliphatic heterocycles. The summed E-state index contributed by atoms with van der Waals surface area (Å²) >= 11 is 0. The Morgan fingerprint density at radius 3 is 2.60 bits per heavy atom. The summed E-state index contributed by atoms with van der Waals surface area (Å²) in [5.41, 5.74) is 0. The molecule has 0 rings (SSSR count). The molecule has 0 spiro atoms. The maximum absolute atomic E-state index is 11.0. The number of carbonyl (C=O) groups is 1. The lowest BCUT2D eigenvalue weighted by Crippen LogP contribution is -2.02. The van der Waals surface area contributed by atoms with Crippen molar-refractivity contribution in [2.24, 2.45) is 0 Å². The number of unbranched alkanes of at least 4 members (excludes halogenated alkanes) is 4. The van der Waals surface area contributed by atoms with E-state index in [0.717, 1.165) is 32.1 Å². The summed E-state index contributed by atoms with van der Waals surface area (Å²) in [5, 5.41) is 8.48. The van der Waals surface area contributed by atoms with E-state index < -0.39 is 0 Å². The van der Waals surface area contributed by atoms with E-state index in [1.54, 1.807) is 6.08 Å². The first-order chi connectivity index (χ1) is 7.31. The van der Waals surface area contributed by atoms with Gasteiger partial charge in [0.1, 0.15) is 0 Å². The van der Waals surface area contributed by atoms with E-state index in [-0.39, 0.29) is 12.6 Å². The zero-order valence-corrected chi connectivity index (χ0v) is 9.58. The lowest BCUT2D eigenvalue weighted by Gasteiger charge is -2.01. The van der Waals surface area contributed by atoms with Crippen LogP contribution in [0.1, 0.15) is 45.4 Å². The third-order valence-corrected chi connectivity index (χ3v) is 2.08. The van der Waals surface area contributed by atoms with E-state index in [2.05, 4.69) is 0 Å². The Balaban J connectivity index is 3.11. The third-order valence-electron chi connectivity index (χ3n) is 2.08. The minimum Gasteiger partial charge on any atom is -0.466 e. The van der Waals surface area contributed by atoms with Gasteiger partial charge in [-0.05, 0) is 26.2 Å². The van der Waals surface area contributed by atoms with Crippen LogP contribution in [0.25, 0.3) is 0 Å². The van der Waals surface area contributed by atoms with Gasteiger partial charge in [0.05, 0.1) is 13.2 Å². The van der Waals surface area contributed by atoms with Crippen LogP contribution in [0.15, 0.2) is 12.2 Å². The highest BCUT2D eigenvalue weighted by molar-refractivity contribution is 5.69. The van der Waals surface area contributed by atoms with Crippen molar-refractivity contribution in [3.05, 3.63) is 12.2 Å². The third kappa shape index (κ3) is 11.1. The van der Waals surface area contributed by atoms with Crippen LogP contribution in [0.5, 0.6) is 0 Å². The molecule has 88 valence electrons. The van der Waals surface area contributed by atoms with Crippen molar-refractivity contribution in [1.29, 1.82) is 0 Å². The van der Waals surface area contributed by atoms with Gasteiger partial charge in [0.2, 0.25) is 0 Å². The predicted octanol–water partition coefficient (Wildman–Crippen LogP) is 2.44. The van der Waals surface area contributed by atoms with Crippen LogP contribution in [0.3, 0.4) is 0 Å². The average molecular weight is 214 g/mol. The fourth-order valence-corrected chi connectivity index (χ4v) is 1.31. The van der Waals surface area contributed by atoms with E-state index >= 15 is 0 Å². The Bertz CT molecular complexity index is 176. The molecule has 0 saturated heterocycles. The maximum atomic E-state index is 11.0. The first-order valence-corrected chi connectivity index (χ1v) is 5.72. The fourth-order valence-electron chi connectivity index (χ4n) is 1.31. The number of esters is 1. The molecule has 0 aromatic heterocycles. The summed E-state index contributed by atoms with van der Waals surface area (Å²) in [6, 6.07) is 0. The topological polar surface area (TPSA) is 46.5 Å². The molecular weight excluding hydrogens is 192 g/mol. The highest BCUT2D eigenvalue weighted by Crippen LogP contribution is 2.06. The largest absolute Gasteiger partial charge is 0.466 e. The van der Waals surface area contributed by atoms with Crippen molar-refractivity contribution in [1.82, 2.24) is 0 Å². The van der Waals surface area contributed by atoms with Crippen molar-refractivity contribution in [3.63, 3.8) is 0 Å². The molecule has 0 bridgehead atoms. The molecule has 0 radical (unpaired) electrons. The van der Waals surface area contributed by atoms with Gasteiger partial charge >= 0.3 is 5.97 Å². The van der Waals surface area contributed by atoms with Gasteiger partial charge in [-0.1, -0.05) is 25.0 Å². The first-order valence-electron chi connectivity index (χ1n) is 5.72. The van der Waals surface area contributed by atoms with Gasteiger partial charge in [-0.15, -0.1) is 0 Å². The van der Waals surface area contributed by atoms with Crippen LogP contribution in [0.4, 0.5) is 0 Å². The quantitative estimate of drug-likeness (QED) is 0.364. The van der Waals surface area contributed by atoms with E-state index in [0.29, 0.717) is 13.0 Å². The lowest BCUT2D eigenvalue weighted by atomic mass is 10.1. The van der Waals surface area contributed by atoms with Crippen molar-refractivity contribution >= 4 is 5.97 Å². The number of aliphatic hydroxyl groups excluding tert-OH is 1. The van der Waals surface area contributed by atoms with Gasteiger partial charge in [-0.3, -0.25) is 4.79 Å². The molecule has 0 aromatic rings. The summed E-state index contributed by atoms with van der Waals surface area (Å²) < 4.78 is 4.82. The maximum Gasteiger partial charge on any atom is 0.305 e. The Hall–Kier alpha value is -0.830. The van der Waals surface area contributed by atoms with Crippen molar-refractivity contribution in [3.8, 4) is 0 Å². The van der Waals surface area contributed by atoms with Gasteiger partial charge < -0.3 is 9.84 Å². The Morgan fingerprint density at radius 1 is 1.20 bits per heavy atom. The van der Waals surface area contributed by atoms with E-state index in [1.807, 2.05) is 13.0 Å². The van der Waals surface area contributed by atoms with E-state index in [4.69, 9.17) is 9.84 Å². The zero-order valence-electron chi connectivity index (χ0n) is 9.58. The normalized spacial score (nSPS) is 10.8. The smallest absolute Gasteiger partial charge is 0.305 e. The number of hydrogen-bond donors (Lipinski definition) is 1. The van der Waals surface area contributed by atoms with Gasteiger partial charge in [0.25, 0.3) is 0 Å². The monoisotopic (exact) mass is 214 g/mol. The van der Waals surface area contributed by atoms with Crippen LogP contribution in [0, 0.1) is 0 Å². The van der Waals surface area contributed by atoms with Crippen LogP contribution in [-0.2, 0) is 9.53 Å². The summed E-state index contributed by atoms with van der Waals surface area (Å²) in [4.78, 5) is 11.0. The number of aliphatic hydroxyl groups is 1. The Morgan fingerprint density at radius 2 is 1.93 bits per heavy atom. The van der Waals surface area contributed by atoms with Crippen molar-refractivity contribution < 1.29 is 14.6 Å². The number of rotatable bonds is 9. The molecule has 0 aromatic carbocycles. The molecule has 15 heavy (non-hydrogen) atoms. The van der Waals surface area contributed by atoms with Crippen LogP contribution < -0.4 is 0 Å². The highest BCUT2D eigenvalue weighted by atomic mass is 16.5. The molecule has 0 aliphatic rings. The Kier molecular flexibility index (Phi) is 10.6. The number of carbonyl (C=O) groups excluding carboxylic acids is 1. The average Bonchev–Trinajstić information content (AvgIpc) is 2.22. The molecule has 3 nitrogen and oxygen atoms in total. The van der Waals surface area contributed by atoms with Gasteiger partial charge in [-0.25, -0.2) is 0 Å². The standard InChI is InChI=1S/C12H22O3/c1-2-15-12(14)10-8-6-4-3-5-7-9-11-13/h7,9,13H,2-6,8,10-11H2,1H3/b9-7+. The van der Waals surface area contributed by atoms with Crippen LogP contribution in [-0.4, -0.2) is 24.3 Å². The molecular formula is C12H22O3. The molecule has 0 unspecified atom stereocenters. The molecule has 0 fully saturated rings. The van der Waals surface area contributed by atoms with E-state index in [1.165, 1.54) is 0 Å². The van der Waals surface area contributed by atoms with Gasteiger partial charge in [-0.2, -0.15) is 0 Å². The van der Waals surface area contributed by atoms with Crippen molar-refractivity contribution in [2.75, 3.05) is 13.2 Å². The van der Waals surface area contributed by atoms with Crippen LogP contribution in [0.2, 0.25) is 0 Å². The Labute approximate surface area is 92.1 Å². The molecule has 0 aliphatic carbocycles. The molecule has 0 atom stereocenters. The minimum atomic E-state index is -0.0855. The molecule has 3 heteroatoms. The second-order valence-corrected chi connectivity index (χ2v) is 3.41. The van der Waals surface area contributed by atoms with Gasteiger partial charge in [0.15, 0.2) is 0 Å². The summed E-state index contributed by atoms with van der Waals surface area (Å²) in [7, 11) is 0. The fraction of sp³-hybridized carbons (Fsp3) is 0.750. The number of allylic oxidation sites excluding steroid dienone is 1. The summed E-state index contributed by atoms with van der Waals surface area (Å²) in [5.74, 6) is -0.0855. The second-order valence-electron chi connectivity index (χ2n) is 3.41. The first kappa shape index (κ1) is 14.2. The highest BCUT2D eigenvalue weighted by Gasteiger charge is 1.99. The van der Waals surface area contributed by atoms with Crippen molar-refractivity contribution in [2.45, 2.75) is 45.4 Å². The molecule has 0 heterocycles. The number of hydrogen-bond acceptors (Lipinski definition) is 3. The van der Waals surface area contributed by atoms with Crippen LogP contribution >= 0.6 is 0 Å². The van der Waals surface area contributed by atoms with Gasteiger partial charge in [0, 0.05) is 6.42 Å². The molecule has 0 saturated carbocycles. The minimum absolute atomic E-state index is 0.0855. The number of ether oxygens (including phenoxy) is 1. The molecule has 1 N–H and O–H groups in total. The predicted molar refractivity (Wildman–Crippen MR) is 60.6 cm³/mol. The van der Waals surface area contributed by atoms with E-state index in [9.17, 15) is 4.79 Å². The second kappa shape index (κ2) is 11.2. The summed E-state index contributed by atoms with van der Waals surface area (Å²) in [6.07, 6.45) is 9.56. The zero-order chi connectivity index (χ0) is 11.4. The lowest BCUT2D eigenvalue weighted by molar-refractivity contribution is -0.143.